The molecule has 0 aliphatic carbocycles. The highest BCUT2D eigenvalue weighted by Crippen LogP contribution is 2.31. The van der Waals surface area contributed by atoms with Crippen LogP contribution < -0.4 is 14.4 Å². The zero-order valence-electron chi connectivity index (χ0n) is 14.2. The molecule has 0 radical (unpaired) electrons. The fraction of sp³-hybridized carbons (Fsp3) is 0.158. The third-order valence-corrected chi connectivity index (χ3v) is 4.46. The Hall–Kier alpha value is -2.86. The number of nitrogens with zero attached hydrogens (tertiary/aromatic N) is 2. The van der Waals surface area contributed by atoms with Gasteiger partial charge in [0.2, 0.25) is 0 Å². The second-order valence-electron chi connectivity index (χ2n) is 5.46. The van der Waals surface area contributed by atoms with Crippen LogP contribution in [0.4, 0.5) is 5.69 Å². The number of hydrogen-bond donors (Lipinski definition) is 0. The smallest absolute Gasteiger partial charge is 0.281 e. The molecule has 0 aromatic heterocycles. The van der Waals surface area contributed by atoms with Gasteiger partial charge in [0.25, 0.3) is 5.91 Å². The summed E-state index contributed by atoms with van der Waals surface area (Å²) in [6.07, 6.45) is 1.76. The number of carbonyl (C=O) groups excluding carboxylic acids is 1. The van der Waals surface area contributed by atoms with Gasteiger partial charge in [-0.1, -0.05) is 18.2 Å². The molecule has 2 aromatic carbocycles. The molecule has 0 saturated carbocycles. The summed E-state index contributed by atoms with van der Waals surface area (Å²) >= 11 is 5.46. The lowest BCUT2D eigenvalue weighted by atomic mass is 10.1. The number of amides is 1. The number of para-hydroxylation sites is 1. The van der Waals surface area contributed by atoms with E-state index in [4.69, 9.17) is 21.7 Å². The van der Waals surface area contributed by atoms with Crippen LogP contribution in [0.25, 0.3) is 6.08 Å². The number of likely N-dealkylation sites (N-methyl/N-ethyl adjacent to an activating group) is 1. The monoisotopic (exact) mass is 354 g/mol. The summed E-state index contributed by atoms with van der Waals surface area (Å²) in [4.78, 5) is 16.2. The molecule has 1 fully saturated rings. The van der Waals surface area contributed by atoms with E-state index < -0.39 is 0 Å². The normalized spacial score (nSPS) is 15.9. The van der Waals surface area contributed by atoms with Gasteiger partial charge in [-0.05, 0) is 48.6 Å². The predicted molar refractivity (Wildman–Crippen MR) is 102 cm³/mol. The van der Waals surface area contributed by atoms with Crippen LogP contribution >= 0.6 is 12.2 Å². The first-order valence-corrected chi connectivity index (χ1v) is 8.08. The molecular weight excluding hydrogens is 336 g/mol. The van der Waals surface area contributed by atoms with Crippen molar-refractivity contribution in [1.82, 2.24) is 4.90 Å². The van der Waals surface area contributed by atoms with Crippen LogP contribution in [0.1, 0.15) is 5.56 Å². The third-order valence-electron chi connectivity index (χ3n) is 4.01. The summed E-state index contributed by atoms with van der Waals surface area (Å²) in [5.74, 6) is 1.16. The van der Waals surface area contributed by atoms with E-state index >= 15 is 0 Å². The number of anilines is 1. The first kappa shape index (κ1) is 17.0. The summed E-state index contributed by atoms with van der Waals surface area (Å²) < 4.78 is 10.7. The number of methoxy groups -OCH3 is 2. The van der Waals surface area contributed by atoms with E-state index in [2.05, 4.69) is 0 Å². The molecule has 0 atom stereocenters. The molecule has 25 heavy (non-hydrogen) atoms. The third kappa shape index (κ3) is 3.08. The van der Waals surface area contributed by atoms with Gasteiger partial charge in [-0.25, -0.2) is 0 Å². The standard InChI is InChI=1S/C19H18N2O3S/c1-20-16(12-13-11-15(23-2)9-10-17(13)24-3)18(22)21(19(20)25)14-7-5-4-6-8-14/h4-12H,1-3H3/b16-12+. The Labute approximate surface area is 152 Å². The van der Waals surface area contributed by atoms with Crippen molar-refractivity contribution in [2.45, 2.75) is 0 Å². The topological polar surface area (TPSA) is 42.0 Å². The maximum absolute atomic E-state index is 12.9. The van der Waals surface area contributed by atoms with E-state index in [1.165, 1.54) is 4.90 Å². The fourth-order valence-electron chi connectivity index (χ4n) is 2.66. The first-order valence-electron chi connectivity index (χ1n) is 7.67. The molecule has 1 aliphatic rings. The van der Waals surface area contributed by atoms with Crippen molar-refractivity contribution in [1.29, 1.82) is 0 Å². The number of rotatable bonds is 4. The Morgan fingerprint density at radius 3 is 2.40 bits per heavy atom. The van der Waals surface area contributed by atoms with Crippen molar-refractivity contribution in [2.24, 2.45) is 0 Å². The van der Waals surface area contributed by atoms with Gasteiger partial charge in [0.15, 0.2) is 5.11 Å². The van der Waals surface area contributed by atoms with Gasteiger partial charge in [-0.15, -0.1) is 0 Å². The van der Waals surface area contributed by atoms with E-state index in [1.54, 1.807) is 38.3 Å². The molecule has 128 valence electrons. The van der Waals surface area contributed by atoms with Gasteiger partial charge in [0.05, 0.1) is 19.9 Å². The number of thiocarbonyl (C=S) groups is 1. The Morgan fingerprint density at radius 2 is 1.76 bits per heavy atom. The molecule has 0 unspecified atom stereocenters. The summed E-state index contributed by atoms with van der Waals surface area (Å²) in [6, 6.07) is 14.8. The number of ether oxygens (including phenoxy) is 2. The largest absolute Gasteiger partial charge is 0.497 e. The molecule has 3 rings (SSSR count). The van der Waals surface area contributed by atoms with Crippen molar-refractivity contribution < 1.29 is 14.3 Å². The minimum Gasteiger partial charge on any atom is -0.497 e. The van der Waals surface area contributed by atoms with E-state index in [-0.39, 0.29) is 5.91 Å². The fourth-order valence-corrected chi connectivity index (χ4v) is 2.95. The lowest BCUT2D eigenvalue weighted by Crippen LogP contribution is -2.30. The van der Waals surface area contributed by atoms with Gasteiger partial charge in [-0.3, -0.25) is 9.69 Å². The van der Waals surface area contributed by atoms with E-state index in [0.29, 0.717) is 22.3 Å². The second kappa shape index (κ2) is 6.94. The van der Waals surface area contributed by atoms with Crippen LogP contribution in [0.5, 0.6) is 11.5 Å². The van der Waals surface area contributed by atoms with Crippen LogP contribution in [-0.4, -0.2) is 37.2 Å². The predicted octanol–water partition coefficient (Wildman–Crippen LogP) is 3.31. The Morgan fingerprint density at radius 1 is 1.04 bits per heavy atom. The molecule has 0 N–H and O–H groups in total. The van der Waals surface area contributed by atoms with Crippen molar-refractivity contribution in [3.05, 3.63) is 59.8 Å². The minimum atomic E-state index is -0.177. The SMILES string of the molecule is COc1ccc(OC)c(/C=C2\C(=O)N(c3ccccc3)C(=S)N2C)c1. The highest BCUT2D eigenvalue weighted by molar-refractivity contribution is 7.80. The molecule has 0 spiro atoms. The molecule has 1 amide bonds. The Bertz CT molecular complexity index is 849. The second-order valence-corrected chi connectivity index (χ2v) is 5.82. The lowest BCUT2D eigenvalue weighted by Gasteiger charge is -2.16. The molecule has 5 nitrogen and oxygen atoms in total. The summed E-state index contributed by atoms with van der Waals surface area (Å²) in [6.45, 7) is 0. The van der Waals surface area contributed by atoms with E-state index in [1.807, 2.05) is 42.5 Å². The summed E-state index contributed by atoms with van der Waals surface area (Å²) in [7, 11) is 4.96. The molecule has 2 aromatic rings. The molecule has 6 heteroatoms. The van der Waals surface area contributed by atoms with Gasteiger partial charge < -0.3 is 14.4 Å². The zero-order chi connectivity index (χ0) is 18.0. The van der Waals surface area contributed by atoms with Crippen LogP contribution in [0.2, 0.25) is 0 Å². The average molecular weight is 354 g/mol. The average Bonchev–Trinajstić information content (AvgIpc) is 2.85. The highest BCUT2D eigenvalue weighted by Gasteiger charge is 2.36. The van der Waals surface area contributed by atoms with Crippen molar-refractivity contribution in [3.8, 4) is 11.5 Å². The lowest BCUT2D eigenvalue weighted by molar-refractivity contribution is -0.114. The van der Waals surface area contributed by atoms with E-state index in [0.717, 1.165) is 11.3 Å². The van der Waals surface area contributed by atoms with E-state index in [9.17, 15) is 4.79 Å². The molecule has 0 bridgehead atoms. The molecule has 1 saturated heterocycles. The van der Waals surface area contributed by atoms with Gasteiger partial charge in [0, 0.05) is 12.6 Å². The maximum atomic E-state index is 12.9. The summed E-state index contributed by atoms with van der Waals surface area (Å²) in [5, 5.41) is 0.435. The van der Waals surface area contributed by atoms with Gasteiger partial charge in [0.1, 0.15) is 17.2 Å². The minimum absolute atomic E-state index is 0.177. The quantitative estimate of drug-likeness (QED) is 0.622. The van der Waals surface area contributed by atoms with Crippen LogP contribution in [0, 0.1) is 0 Å². The number of benzene rings is 2. The summed E-state index contributed by atoms with van der Waals surface area (Å²) in [5.41, 5.74) is 1.96. The van der Waals surface area contributed by atoms with Crippen LogP contribution in [0.15, 0.2) is 54.2 Å². The molecule has 1 aliphatic heterocycles. The zero-order valence-corrected chi connectivity index (χ0v) is 15.0. The highest BCUT2D eigenvalue weighted by atomic mass is 32.1. The van der Waals surface area contributed by atoms with Crippen LogP contribution in [-0.2, 0) is 4.79 Å². The Balaban J connectivity index is 2.04. The number of hydrogen-bond acceptors (Lipinski definition) is 4. The van der Waals surface area contributed by atoms with Gasteiger partial charge >= 0.3 is 0 Å². The van der Waals surface area contributed by atoms with Crippen molar-refractivity contribution in [3.63, 3.8) is 0 Å². The van der Waals surface area contributed by atoms with Crippen molar-refractivity contribution >= 4 is 35.0 Å². The molecular formula is C19H18N2O3S. The van der Waals surface area contributed by atoms with Crippen molar-refractivity contribution in [2.75, 3.05) is 26.2 Å². The maximum Gasteiger partial charge on any atom is 0.281 e. The first-order chi connectivity index (χ1) is 12.1. The van der Waals surface area contributed by atoms with Gasteiger partial charge in [-0.2, -0.15) is 0 Å². The molecule has 1 heterocycles. The number of carbonyl (C=O) groups is 1. The van der Waals surface area contributed by atoms with Crippen LogP contribution in [0.3, 0.4) is 0 Å². The Kier molecular flexibility index (Phi) is 4.72.